The average Bonchev–Trinajstić information content (AvgIpc) is 2.53. The molecule has 2 heteroatoms. The SMILES string of the molecule is CCCCCCCCCCCCCCCCCCN.CO. The van der Waals surface area contributed by atoms with Crippen molar-refractivity contribution in [3.8, 4) is 0 Å². The molecule has 2 nitrogen and oxygen atoms in total. The normalized spacial score (nSPS) is 10.3. The van der Waals surface area contributed by atoms with E-state index in [1.54, 1.807) is 0 Å². The van der Waals surface area contributed by atoms with Crippen LogP contribution in [0, 0.1) is 0 Å². The molecular weight excluding hydrogens is 258 g/mol. The van der Waals surface area contributed by atoms with Crippen LogP contribution in [-0.4, -0.2) is 18.8 Å². The van der Waals surface area contributed by atoms with Crippen LogP contribution >= 0.6 is 0 Å². The molecule has 0 amide bonds. The van der Waals surface area contributed by atoms with E-state index in [2.05, 4.69) is 6.92 Å². The van der Waals surface area contributed by atoms with E-state index < -0.39 is 0 Å². The van der Waals surface area contributed by atoms with E-state index in [-0.39, 0.29) is 0 Å². The van der Waals surface area contributed by atoms with E-state index in [9.17, 15) is 0 Å². The summed E-state index contributed by atoms with van der Waals surface area (Å²) in [6.45, 7) is 3.16. The van der Waals surface area contributed by atoms with Crippen molar-refractivity contribution in [1.82, 2.24) is 0 Å². The standard InChI is InChI=1S/C18H39N.CH4O/c1-2-3-4-5-6-7-8-9-10-11-12-13-14-15-16-17-18-19;1-2/h2-19H2,1H3;2H,1H3. The minimum Gasteiger partial charge on any atom is -0.400 e. The molecule has 0 aromatic carbocycles. The molecule has 0 aromatic rings. The summed E-state index contributed by atoms with van der Waals surface area (Å²) in [5.41, 5.74) is 5.48. The van der Waals surface area contributed by atoms with Crippen molar-refractivity contribution < 1.29 is 5.11 Å². The van der Waals surface area contributed by atoms with Crippen molar-refractivity contribution in [3.63, 3.8) is 0 Å². The molecule has 0 rings (SSSR count). The van der Waals surface area contributed by atoms with Gasteiger partial charge in [0.2, 0.25) is 0 Å². The first-order valence-corrected chi connectivity index (χ1v) is 9.56. The van der Waals surface area contributed by atoms with Gasteiger partial charge in [0.05, 0.1) is 0 Å². The quantitative estimate of drug-likeness (QED) is 0.353. The molecule has 0 saturated carbocycles. The fourth-order valence-electron chi connectivity index (χ4n) is 2.69. The smallest absolute Gasteiger partial charge is 0.0319 e. The van der Waals surface area contributed by atoms with Crippen LogP contribution in [0.1, 0.15) is 110 Å². The maximum absolute atomic E-state index is 7.00. The van der Waals surface area contributed by atoms with Crippen LogP contribution in [0.15, 0.2) is 0 Å². The largest absolute Gasteiger partial charge is 0.400 e. The molecule has 0 aliphatic heterocycles. The molecule has 0 saturated heterocycles. The maximum Gasteiger partial charge on any atom is 0.0319 e. The molecule has 21 heavy (non-hydrogen) atoms. The lowest BCUT2D eigenvalue weighted by molar-refractivity contribution is 0.399. The summed E-state index contributed by atoms with van der Waals surface area (Å²) < 4.78 is 0. The van der Waals surface area contributed by atoms with Crippen LogP contribution in [-0.2, 0) is 0 Å². The van der Waals surface area contributed by atoms with E-state index in [0.29, 0.717) is 0 Å². The van der Waals surface area contributed by atoms with Crippen LogP contribution in [0.2, 0.25) is 0 Å². The second kappa shape index (κ2) is 24.9. The number of hydrogen-bond donors (Lipinski definition) is 2. The summed E-state index contributed by atoms with van der Waals surface area (Å²) in [6.07, 6.45) is 22.9. The van der Waals surface area contributed by atoms with Gasteiger partial charge in [0.25, 0.3) is 0 Å². The average molecular weight is 302 g/mol. The van der Waals surface area contributed by atoms with Gasteiger partial charge in [0.1, 0.15) is 0 Å². The lowest BCUT2D eigenvalue weighted by Crippen LogP contribution is -1.97. The molecule has 0 aliphatic carbocycles. The lowest BCUT2D eigenvalue weighted by atomic mass is 10.0. The monoisotopic (exact) mass is 301 g/mol. The highest BCUT2D eigenvalue weighted by atomic mass is 16.2. The summed E-state index contributed by atoms with van der Waals surface area (Å²) in [5, 5.41) is 7.00. The van der Waals surface area contributed by atoms with Crippen molar-refractivity contribution in [2.24, 2.45) is 5.73 Å². The van der Waals surface area contributed by atoms with Crippen molar-refractivity contribution in [3.05, 3.63) is 0 Å². The lowest BCUT2D eigenvalue weighted by Gasteiger charge is -2.03. The number of aliphatic hydroxyl groups excluding tert-OH is 1. The Morgan fingerprint density at radius 3 is 0.952 bits per heavy atom. The Kier molecular flexibility index (Phi) is 27.5. The van der Waals surface area contributed by atoms with Crippen molar-refractivity contribution in [2.75, 3.05) is 13.7 Å². The predicted octanol–water partition coefficient (Wildman–Crippen LogP) is 5.82. The molecule has 0 aromatic heterocycles. The minimum atomic E-state index is 0.873. The topological polar surface area (TPSA) is 46.2 Å². The Morgan fingerprint density at radius 2 is 0.714 bits per heavy atom. The molecule has 0 spiro atoms. The van der Waals surface area contributed by atoms with Gasteiger partial charge in [-0.05, 0) is 13.0 Å². The van der Waals surface area contributed by atoms with E-state index >= 15 is 0 Å². The zero-order valence-corrected chi connectivity index (χ0v) is 15.0. The van der Waals surface area contributed by atoms with Gasteiger partial charge < -0.3 is 10.8 Å². The van der Waals surface area contributed by atoms with E-state index in [4.69, 9.17) is 10.8 Å². The Bertz CT molecular complexity index is 135. The number of rotatable bonds is 16. The predicted molar refractivity (Wildman–Crippen MR) is 96.7 cm³/mol. The first-order valence-electron chi connectivity index (χ1n) is 9.56. The van der Waals surface area contributed by atoms with Crippen molar-refractivity contribution >= 4 is 0 Å². The third-order valence-electron chi connectivity index (χ3n) is 4.06. The van der Waals surface area contributed by atoms with E-state index in [1.165, 1.54) is 103 Å². The molecule has 0 bridgehead atoms. The van der Waals surface area contributed by atoms with Crippen LogP contribution in [0.4, 0.5) is 0 Å². The molecule has 0 heterocycles. The summed E-state index contributed by atoms with van der Waals surface area (Å²) in [5.74, 6) is 0. The van der Waals surface area contributed by atoms with Gasteiger partial charge in [0.15, 0.2) is 0 Å². The summed E-state index contributed by atoms with van der Waals surface area (Å²) in [6, 6.07) is 0. The second-order valence-electron chi connectivity index (χ2n) is 6.09. The zero-order chi connectivity index (χ0) is 16.0. The van der Waals surface area contributed by atoms with Gasteiger partial charge in [-0.15, -0.1) is 0 Å². The first kappa shape index (κ1) is 23.2. The highest BCUT2D eigenvalue weighted by molar-refractivity contribution is 4.49. The molecule has 0 unspecified atom stereocenters. The highest BCUT2D eigenvalue weighted by Gasteiger charge is 1.94. The third kappa shape index (κ3) is 25.2. The molecule has 0 atom stereocenters. The Hall–Kier alpha value is -0.0800. The summed E-state index contributed by atoms with van der Waals surface area (Å²) in [4.78, 5) is 0. The number of unbranched alkanes of at least 4 members (excludes halogenated alkanes) is 15. The number of aliphatic hydroxyl groups is 1. The zero-order valence-electron chi connectivity index (χ0n) is 15.0. The second-order valence-corrected chi connectivity index (χ2v) is 6.09. The molecular formula is C19H43NO. The van der Waals surface area contributed by atoms with Gasteiger partial charge in [0, 0.05) is 7.11 Å². The molecule has 0 aliphatic rings. The number of hydrogen-bond acceptors (Lipinski definition) is 2. The van der Waals surface area contributed by atoms with Crippen molar-refractivity contribution in [2.45, 2.75) is 110 Å². The van der Waals surface area contributed by atoms with Crippen molar-refractivity contribution in [1.29, 1.82) is 0 Å². The van der Waals surface area contributed by atoms with Crippen LogP contribution in [0.3, 0.4) is 0 Å². The molecule has 3 N–H and O–H groups in total. The minimum absolute atomic E-state index is 0.873. The van der Waals surface area contributed by atoms with Gasteiger partial charge >= 0.3 is 0 Å². The van der Waals surface area contributed by atoms with Gasteiger partial charge in [-0.3, -0.25) is 0 Å². The van der Waals surface area contributed by atoms with Gasteiger partial charge in [-0.25, -0.2) is 0 Å². The molecule has 0 fully saturated rings. The fraction of sp³-hybridized carbons (Fsp3) is 1.00. The maximum atomic E-state index is 7.00. The van der Waals surface area contributed by atoms with E-state index in [1.807, 2.05) is 0 Å². The fourth-order valence-corrected chi connectivity index (χ4v) is 2.69. The van der Waals surface area contributed by atoms with Gasteiger partial charge in [-0.2, -0.15) is 0 Å². The Labute approximate surface area is 134 Å². The summed E-state index contributed by atoms with van der Waals surface area (Å²) in [7, 11) is 1.00. The van der Waals surface area contributed by atoms with Gasteiger partial charge in [-0.1, -0.05) is 103 Å². The van der Waals surface area contributed by atoms with Crippen LogP contribution < -0.4 is 5.73 Å². The van der Waals surface area contributed by atoms with Crippen LogP contribution in [0.5, 0.6) is 0 Å². The third-order valence-corrected chi connectivity index (χ3v) is 4.06. The van der Waals surface area contributed by atoms with E-state index in [0.717, 1.165) is 13.7 Å². The Morgan fingerprint density at radius 1 is 0.476 bits per heavy atom. The number of nitrogens with two attached hydrogens (primary N) is 1. The molecule has 0 radical (unpaired) electrons. The first-order chi connectivity index (χ1) is 10.4. The highest BCUT2D eigenvalue weighted by Crippen LogP contribution is 2.13. The summed E-state index contributed by atoms with van der Waals surface area (Å²) >= 11 is 0. The van der Waals surface area contributed by atoms with Crippen LogP contribution in [0.25, 0.3) is 0 Å². The molecule has 130 valence electrons. The Balaban J connectivity index is 0.